The van der Waals surface area contributed by atoms with E-state index in [1.165, 1.54) is 13.3 Å². The first-order valence-corrected chi connectivity index (χ1v) is 7.69. The van der Waals surface area contributed by atoms with E-state index in [4.69, 9.17) is 4.74 Å². The molecule has 3 aromatic rings. The minimum atomic E-state index is -0.311. The molecule has 1 amide bonds. The SMILES string of the molecule is COc1ccnc(NNC(=O)c2ccc(-n3cc(Br)cn3)cc2)n1. The van der Waals surface area contributed by atoms with Gasteiger partial charge in [-0.05, 0) is 40.2 Å². The highest BCUT2D eigenvalue weighted by molar-refractivity contribution is 9.10. The van der Waals surface area contributed by atoms with Crippen LogP contribution in [0.5, 0.6) is 5.88 Å². The number of hydrazine groups is 1. The topological polar surface area (TPSA) is 94.0 Å². The Kier molecular flexibility index (Phi) is 4.71. The van der Waals surface area contributed by atoms with Crippen molar-refractivity contribution in [3.8, 4) is 11.6 Å². The summed E-state index contributed by atoms with van der Waals surface area (Å²) in [5.41, 5.74) is 6.51. The molecule has 8 nitrogen and oxygen atoms in total. The number of aromatic nitrogens is 4. The zero-order valence-corrected chi connectivity index (χ0v) is 14.2. The number of rotatable bonds is 5. The Hall–Kier alpha value is -2.94. The summed E-state index contributed by atoms with van der Waals surface area (Å²) in [5.74, 6) is 0.326. The number of nitrogens with zero attached hydrogens (tertiary/aromatic N) is 4. The van der Waals surface area contributed by atoms with Gasteiger partial charge in [-0.1, -0.05) is 0 Å². The van der Waals surface area contributed by atoms with Crippen LogP contribution in [0.3, 0.4) is 0 Å². The molecule has 0 saturated heterocycles. The van der Waals surface area contributed by atoms with Gasteiger partial charge in [0.15, 0.2) is 0 Å². The van der Waals surface area contributed by atoms with Crippen molar-refractivity contribution in [3.05, 3.63) is 59.0 Å². The standard InChI is InChI=1S/C15H13BrN6O2/c1-24-13-6-7-17-15(19-13)21-20-14(23)10-2-4-12(5-3-10)22-9-11(16)8-18-22/h2-9H,1H3,(H,20,23)(H,17,19,21). The second-order valence-corrected chi connectivity index (χ2v) is 5.57. The van der Waals surface area contributed by atoms with Gasteiger partial charge >= 0.3 is 0 Å². The molecule has 0 saturated carbocycles. The van der Waals surface area contributed by atoms with Crippen LogP contribution in [0.4, 0.5) is 5.95 Å². The number of benzene rings is 1. The summed E-state index contributed by atoms with van der Waals surface area (Å²) in [6.07, 6.45) is 5.05. The first-order valence-electron chi connectivity index (χ1n) is 6.90. The molecular weight excluding hydrogens is 376 g/mol. The van der Waals surface area contributed by atoms with Gasteiger partial charge in [-0.2, -0.15) is 10.1 Å². The van der Waals surface area contributed by atoms with Crippen molar-refractivity contribution in [2.24, 2.45) is 0 Å². The number of amides is 1. The normalized spacial score (nSPS) is 10.2. The van der Waals surface area contributed by atoms with Crippen molar-refractivity contribution in [2.45, 2.75) is 0 Å². The number of carbonyl (C=O) groups is 1. The van der Waals surface area contributed by atoms with Crippen molar-refractivity contribution in [2.75, 3.05) is 12.5 Å². The summed E-state index contributed by atoms with van der Waals surface area (Å²) in [5, 5.41) is 4.18. The van der Waals surface area contributed by atoms with Gasteiger partial charge in [-0.15, -0.1) is 0 Å². The van der Waals surface area contributed by atoms with Gasteiger partial charge in [0.2, 0.25) is 11.8 Å². The molecule has 3 rings (SSSR count). The molecule has 0 bridgehead atoms. The smallest absolute Gasteiger partial charge is 0.269 e. The number of hydrogen-bond donors (Lipinski definition) is 2. The van der Waals surface area contributed by atoms with Crippen LogP contribution in [-0.4, -0.2) is 32.8 Å². The molecule has 0 aliphatic heterocycles. The first kappa shape index (κ1) is 15.9. The number of hydrogen-bond acceptors (Lipinski definition) is 6. The molecular formula is C15H13BrN6O2. The van der Waals surface area contributed by atoms with E-state index in [1.807, 2.05) is 6.20 Å². The van der Waals surface area contributed by atoms with E-state index in [1.54, 1.807) is 41.2 Å². The maximum Gasteiger partial charge on any atom is 0.269 e. The third-order valence-electron chi connectivity index (χ3n) is 3.07. The van der Waals surface area contributed by atoms with Gasteiger partial charge in [0.05, 0.1) is 23.5 Å². The minimum Gasteiger partial charge on any atom is -0.481 e. The molecule has 0 atom stereocenters. The zero-order valence-electron chi connectivity index (χ0n) is 12.6. The van der Waals surface area contributed by atoms with E-state index in [0.717, 1.165) is 10.2 Å². The summed E-state index contributed by atoms with van der Waals surface area (Å²) < 4.78 is 7.57. The maximum absolute atomic E-state index is 12.1. The van der Waals surface area contributed by atoms with Gasteiger partial charge < -0.3 is 4.74 Å². The van der Waals surface area contributed by atoms with Crippen LogP contribution in [-0.2, 0) is 0 Å². The Balaban J connectivity index is 1.64. The molecule has 2 aromatic heterocycles. The molecule has 24 heavy (non-hydrogen) atoms. The lowest BCUT2D eigenvalue weighted by Crippen LogP contribution is -2.30. The van der Waals surface area contributed by atoms with Crippen LogP contribution in [0.25, 0.3) is 5.69 Å². The van der Waals surface area contributed by atoms with E-state index in [0.29, 0.717) is 11.4 Å². The van der Waals surface area contributed by atoms with Crippen LogP contribution < -0.4 is 15.6 Å². The van der Waals surface area contributed by atoms with E-state index in [9.17, 15) is 4.79 Å². The monoisotopic (exact) mass is 388 g/mol. The van der Waals surface area contributed by atoms with E-state index < -0.39 is 0 Å². The Labute approximate surface area is 146 Å². The zero-order chi connectivity index (χ0) is 16.9. The predicted molar refractivity (Wildman–Crippen MR) is 90.9 cm³/mol. The number of carbonyl (C=O) groups excluding carboxylic acids is 1. The van der Waals surface area contributed by atoms with Crippen molar-refractivity contribution >= 4 is 27.8 Å². The molecule has 0 aliphatic carbocycles. The van der Waals surface area contributed by atoms with E-state index >= 15 is 0 Å². The number of halogens is 1. The third kappa shape index (κ3) is 3.69. The first-order chi connectivity index (χ1) is 11.7. The molecule has 0 radical (unpaired) electrons. The molecule has 0 spiro atoms. The highest BCUT2D eigenvalue weighted by Gasteiger charge is 2.07. The van der Waals surface area contributed by atoms with Crippen molar-refractivity contribution in [1.29, 1.82) is 0 Å². The summed E-state index contributed by atoms with van der Waals surface area (Å²) in [7, 11) is 1.50. The van der Waals surface area contributed by atoms with Crippen molar-refractivity contribution in [1.82, 2.24) is 25.2 Å². The Morgan fingerprint density at radius 3 is 2.71 bits per heavy atom. The largest absolute Gasteiger partial charge is 0.481 e. The molecule has 122 valence electrons. The molecule has 2 N–H and O–H groups in total. The Morgan fingerprint density at radius 2 is 2.04 bits per heavy atom. The van der Waals surface area contributed by atoms with Gasteiger partial charge in [0.25, 0.3) is 5.91 Å². The molecule has 1 aromatic carbocycles. The summed E-state index contributed by atoms with van der Waals surface area (Å²) in [6, 6.07) is 8.62. The minimum absolute atomic E-state index is 0.237. The number of nitrogens with one attached hydrogen (secondary N) is 2. The summed E-state index contributed by atoms with van der Waals surface area (Å²) >= 11 is 3.34. The molecule has 2 heterocycles. The molecule has 9 heteroatoms. The van der Waals surface area contributed by atoms with Crippen LogP contribution in [0, 0.1) is 0 Å². The van der Waals surface area contributed by atoms with Crippen LogP contribution in [0.2, 0.25) is 0 Å². The molecule has 0 unspecified atom stereocenters. The van der Waals surface area contributed by atoms with Crippen LogP contribution >= 0.6 is 15.9 Å². The lowest BCUT2D eigenvalue weighted by Gasteiger charge is -2.08. The summed E-state index contributed by atoms with van der Waals surface area (Å²) in [6.45, 7) is 0. The highest BCUT2D eigenvalue weighted by Crippen LogP contribution is 2.13. The average Bonchev–Trinajstić information content (AvgIpc) is 3.06. The van der Waals surface area contributed by atoms with Crippen molar-refractivity contribution < 1.29 is 9.53 Å². The highest BCUT2D eigenvalue weighted by atomic mass is 79.9. The molecule has 0 aliphatic rings. The fourth-order valence-corrected chi connectivity index (χ4v) is 2.19. The van der Waals surface area contributed by atoms with Gasteiger partial charge in [0.1, 0.15) is 0 Å². The quantitative estimate of drug-likeness (QED) is 0.650. The maximum atomic E-state index is 12.1. The van der Waals surface area contributed by atoms with Crippen LogP contribution in [0.1, 0.15) is 10.4 Å². The second-order valence-electron chi connectivity index (χ2n) is 4.65. The Morgan fingerprint density at radius 1 is 1.25 bits per heavy atom. The van der Waals surface area contributed by atoms with Gasteiger partial charge in [-0.3, -0.25) is 15.6 Å². The second kappa shape index (κ2) is 7.09. The number of ether oxygens (including phenoxy) is 1. The lowest BCUT2D eigenvalue weighted by atomic mass is 10.2. The predicted octanol–water partition coefficient (Wildman–Crippen LogP) is 2.19. The molecule has 0 fully saturated rings. The lowest BCUT2D eigenvalue weighted by molar-refractivity contribution is 0.0962. The average molecular weight is 389 g/mol. The fraction of sp³-hybridized carbons (Fsp3) is 0.0667. The van der Waals surface area contributed by atoms with Crippen molar-refractivity contribution in [3.63, 3.8) is 0 Å². The van der Waals surface area contributed by atoms with E-state index in [2.05, 4.69) is 41.8 Å². The Bertz CT molecular complexity index is 849. The van der Waals surface area contributed by atoms with Gasteiger partial charge in [0, 0.05) is 24.0 Å². The fourth-order valence-electron chi connectivity index (χ4n) is 1.91. The van der Waals surface area contributed by atoms with Gasteiger partial charge in [-0.25, -0.2) is 9.67 Å². The number of methoxy groups -OCH3 is 1. The van der Waals surface area contributed by atoms with E-state index in [-0.39, 0.29) is 11.9 Å². The summed E-state index contributed by atoms with van der Waals surface area (Å²) in [4.78, 5) is 20.1. The number of anilines is 1. The van der Waals surface area contributed by atoms with Crippen LogP contribution in [0.15, 0.2) is 53.4 Å². The third-order valence-corrected chi connectivity index (χ3v) is 3.48.